The molecule has 0 aromatic rings. The molecule has 0 aliphatic heterocycles. The molecule has 0 bridgehead atoms. The van der Waals surface area contributed by atoms with Crippen LogP contribution in [0.1, 0.15) is 27.7 Å². The zero-order valence-corrected chi connectivity index (χ0v) is 9.46. The molecule has 0 aromatic heterocycles. The fourth-order valence-electron chi connectivity index (χ4n) is 1.14. The number of nitrogens with one attached hydrogen (secondary N) is 1. The first kappa shape index (κ1) is 12.9. The van der Waals surface area contributed by atoms with Gasteiger partial charge < -0.3 is 10.1 Å². The summed E-state index contributed by atoms with van der Waals surface area (Å²) in [6.07, 6.45) is 0. The molecule has 14 heavy (non-hydrogen) atoms. The summed E-state index contributed by atoms with van der Waals surface area (Å²) in [5, 5.41) is 2.60. The first-order chi connectivity index (χ1) is 6.40. The third-order valence-electron chi connectivity index (χ3n) is 2.39. The molecule has 0 fully saturated rings. The minimum atomic E-state index is -0.544. The number of carbonyl (C=O) groups excluding carboxylic acids is 2. The standard InChI is InChI=1S/C10H19NO3/c1-6(2)7(3)9(10(13)14-5)11-8(4)12/h6-7,9H,1-5H3,(H,11,12)/t7-,9-/m0/s1. The van der Waals surface area contributed by atoms with Crippen molar-refractivity contribution in [3.05, 3.63) is 0 Å². The summed E-state index contributed by atoms with van der Waals surface area (Å²) in [5.74, 6) is -0.230. The molecule has 0 unspecified atom stereocenters. The van der Waals surface area contributed by atoms with Gasteiger partial charge in [-0.1, -0.05) is 20.8 Å². The summed E-state index contributed by atoms with van der Waals surface area (Å²) in [7, 11) is 1.32. The van der Waals surface area contributed by atoms with Crippen LogP contribution >= 0.6 is 0 Å². The van der Waals surface area contributed by atoms with Crippen molar-refractivity contribution in [1.82, 2.24) is 5.32 Å². The van der Waals surface area contributed by atoms with Gasteiger partial charge in [-0.05, 0) is 11.8 Å². The topological polar surface area (TPSA) is 55.4 Å². The first-order valence-corrected chi connectivity index (χ1v) is 4.75. The minimum Gasteiger partial charge on any atom is -0.467 e. The number of carbonyl (C=O) groups is 2. The van der Waals surface area contributed by atoms with Crippen LogP contribution < -0.4 is 5.32 Å². The maximum atomic E-state index is 11.4. The Bertz CT molecular complexity index is 213. The summed E-state index contributed by atoms with van der Waals surface area (Å²) in [6, 6.07) is -0.544. The predicted octanol–water partition coefficient (Wildman–Crippen LogP) is 0.956. The van der Waals surface area contributed by atoms with E-state index >= 15 is 0 Å². The highest BCUT2D eigenvalue weighted by Gasteiger charge is 2.28. The maximum Gasteiger partial charge on any atom is 0.328 e. The third-order valence-corrected chi connectivity index (χ3v) is 2.39. The molecule has 0 radical (unpaired) electrons. The molecule has 1 N–H and O–H groups in total. The molecule has 0 saturated heterocycles. The van der Waals surface area contributed by atoms with Gasteiger partial charge in [0.2, 0.25) is 5.91 Å². The van der Waals surface area contributed by atoms with E-state index in [1.54, 1.807) is 0 Å². The van der Waals surface area contributed by atoms with Crippen LogP contribution in [0.25, 0.3) is 0 Å². The van der Waals surface area contributed by atoms with E-state index in [-0.39, 0.29) is 17.8 Å². The summed E-state index contributed by atoms with van der Waals surface area (Å²) >= 11 is 0. The van der Waals surface area contributed by atoms with Crippen molar-refractivity contribution in [1.29, 1.82) is 0 Å². The summed E-state index contributed by atoms with van der Waals surface area (Å²) in [5.41, 5.74) is 0. The molecular formula is C10H19NO3. The molecule has 0 rings (SSSR count). The van der Waals surface area contributed by atoms with Gasteiger partial charge in [-0.25, -0.2) is 4.79 Å². The summed E-state index contributed by atoms with van der Waals surface area (Å²) in [6.45, 7) is 7.32. The van der Waals surface area contributed by atoms with E-state index in [1.807, 2.05) is 20.8 Å². The molecule has 2 atom stereocenters. The lowest BCUT2D eigenvalue weighted by Gasteiger charge is -2.25. The Morgan fingerprint density at radius 3 is 2.00 bits per heavy atom. The number of methoxy groups -OCH3 is 1. The van der Waals surface area contributed by atoms with E-state index in [0.717, 1.165) is 0 Å². The van der Waals surface area contributed by atoms with Crippen molar-refractivity contribution in [2.24, 2.45) is 11.8 Å². The molecular weight excluding hydrogens is 182 g/mol. The van der Waals surface area contributed by atoms with Crippen LogP contribution in [0, 0.1) is 11.8 Å². The number of ether oxygens (including phenoxy) is 1. The number of hydrogen-bond donors (Lipinski definition) is 1. The highest BCUT2D eigenvalue weighted by Crippen LogP contribution is 2.15. The van der Waals surface area contributed by atoms with Gasteiger partial charge in [0.15, 0.2) is 0 Å². The number of rotatable bonds is 4. The molecule has 4 heteroatoms. The van der Waals surface area contributed by atoms with E-state index in [0.29, 0.717) is 5.92 Å². The number of hydrogen-bond acceptors (Lipinski definition) is 3. The van der Waals surface area contributed by atoms with Gasteiger partial charge in [-0.3, -0.25) is 4.79 Å². The van der Waals surface area contributed by atoms with Crippen LogP contribution in [0.15, 0.2) is 0 Å². The van der Waals surface area contributed by atoms with Gasteiger partial charge in [-0.2, -0.15) is 0 Å². The van der Waals surface area contributed by atoms with Gasteiger partial charge in [0.05, 0.1) is 7.11 Å². The van der Waals surface area contributed by atoms with Crippen molar-refractivity contribution in [3.63, 3.8) is 0 Å². The fourth-order valence-corrected chi connectivity index (χ4v) is 1.14. The molecule has 4 nitrogen and oxygen atoms in total. The second-order valence-corrected chi connectivity index (χ2v) is 3.80. The largest absolute Gasteiger partial charge is 0.467 e. The highest BCUT2D eigenvalue weighted by molar-refractivity contribution is 5.83. The molecule has 0 aromatic carbocycles. The minimum absolute atomic E-state index is 0.0614. The fraction of sp³-hybridized carbons (Fsp3) is 0.800. The van der Waals surface area contributed by atoms with Gasteiger partial charge in [0, 0.05) is 6.92 Å². The van der Waals surface area contributed by atoms with Crippen LogP contribution in [0.4, 0.5) is 0 Å². The molecule has 0 spiro atoms. The Labute approximate surface area is 85.0 Å². The van der Waals surface area contributed by atoms with E-state index in [1.165, 1.54) is 14.0 Å². The summed E-state index contributed by atoms with van der Waals surface area (Å²) < 4.78 is 4.63. The van der Waals surface area contributed by atoms with Crippen molar-refractivity contribution in [3.8, 4) is 0 Å². The summed E-state index contributed by atoms with van der Waals surface area (Å²) in [4.78, 5) is 22.2. The lowest BCUT2D eigenvalue weighted by molar-refractivity contribution is -0.146. The predicted molar refractivity (Wildman–Crippen MR) is 53.6 cm³/mol. The molecule has 0 aliphatic rings. The zero-order valence-electron chi connectivity index (χ0n) is 9.46. The van der Waals surface area contributed by atoms with Crippen molar-refractivity contribution in [2.75, 3.05) is 7.11 Å². The molecule has 1 amide bonds. The Morgan fingerprint density at radius 1 is 1.21 bits per heavy atom. The van der Waals surface area contributed by atoms with Crippen molar-refractivity contribution in [2.45, 2.75) is 33.7 Å². The third kappa shape index (κ3) is 3.77. The average molecular weight is 201 g/mol. The van der Waals surface area contributed by atoms with Crippen LogP contribution in [0.3, 0.4) is 0 Å². The molecule has 0 saturated carbocycles. The van der Waals surface area contributed by atoms with E-state index in [2.05, 4.69) is 10.1 Å². The normalized spacial score (nSPS) is 14.7. The molecule has 0 heterocycles. The maximum absolute atomic E-state index is 11.4. The Hall–Kier alpha value is -1.06. The highest BCUT2D eigenvalue weighted by atomic mass is 16.5. The molecule has 0 aliphatic carbocycles. The van der Waals surface area contributed by atoms with Crippen molar-refractivity contribution < 1.29 is 14.3 Å². The second-order valence-electron chi connectivity index (χ2n) is 3.80. The smallest absolute Gasteiger partial charge is 0.328 e. The van der Waals surface area contributed by atoms with Gasteiger partial charge >= 0.3 is 5.97 Å². The van der Waals surface area contributed by atoms with Crippen LogP contribution in [-0.2, 0) is 14.3 Å². The van der Waals surface area contributed by atoms with E-state index < -0.39 is 6.04 Å². The van der Waals surface area contributed by atoms with Gasteiger partial charge in [-0.15, -0.1) is 0 Å². The van der Waals surface area contributed by atoms with Crippen LogP contribution in [-0.4, -0.2) is 25.0 Å². The lowest BCUT2D eigenvalue weighted by Crippen LogP contribution is -2.46. The Kier molecular flexibility index (Phi) is 5.20. The van der Waals surface area contributed by atoms with E-state index in [9.17, 15) is 9.59 Å². The Morgan fingerprint density at radius 2 is 1.71 bits per heavy atom. The monoisotopic (exact) mass is 201 g/mol. The lowest BCUT2D eigenvalue weighted by atomic mass is 9.90. The number of esters is 1. The van der Waals surface area contributed by atoms with Crippen LogP contribution in [0.2, 0.25) is 0 Å². The zero-order chi connectivity index (χ0) is 11.3. The quantitative estimate of drug-likeness (QED) is 0.689. The SMILES string of the molecule is COC(=O)[C@@H](NC(C)=O)[C@@H](C)C(C)C. The van der Waals surface area contributed by atoms with Gasteiger partial charge in [0.25, 0.3) is 0 Å². The van der Waals surface area contributed by atoms with Crippen LogP contribution in [0.5, 0.6) is 0 Å². The molecule has 82 valence electrons. The van der Waals surface area contributed by atoms with Crippen molar-refractivity contribution >= 4 is 11.9 Å². The second kappa shape index (κ2) is 5.62. The Balaban J connectivity index is 4.54. The van der Waals surface area contributed by atoms with Gasteiger partial charge in [0.1, 0.15) is 6.04 Å². The van der Waals surface area contributed by atoms with E-state index in [4.69, 9.17) is 0 Å². The first-order valence-electron chi connectivity index (χ1n) is 4.75. The average Bonchev–Trinajstić information content (AvgIpc) is 2.11. The number of amides is 1.